The lowest BCUT2D eigenvalue weighted by Crippen LogP contribution is -2.45. The number of carbonyl (C=O) groups excluding carboxylic acids is 1. The van der Waals surface area contributed by atoms with E-state index in [1.165, 1.54) is 0 Å². The summed E-state index contributed by atoms with van der Waals surface area (Å²) in [6.45, 7) is 2.99. The van der Waals surface area contributed by atoms with Gasteiger partial charge in [0.1, 0.15) is 0 Å². The minimum atomic E-state index is -0.902. The van der Waals surface area contributed by atoms with Crippen molar-refractivity contribution in [2.75, 3.05) is 13.1 Å². The van der Waals surface area contributed by atoms with Crippen molar-refractivity contribution >= 4 is 12.0 Å². The molecule has 2 amide bonds. The van der Waals surface area contributed by atoms with Crippen LogP contribution in [0.5, 0.6) is 0 Å². The van der Waals surface area contributed by atoms with Crippen LogP contribution in [0.4, 0.5) is 4.79 Å². The van der Waals surface area contributed by atoms with Crippen LogP contribution in [0, 0.1) is 0 Å². The third kappa shape index (κ3) is 4.01. The first kappa shape index (κ1) is 11.6. The molecule has 0 aliphatic carbocycles. The molecule has 0 aromatic carbocycles. The summed E-state index contributed by atoms with van der Waals surface area (Å²) in [5.41, 5.74) is 0. The Morgan fingerprint density at radius 2 is 2.27 bits per heavy atom. The quantitative estimate of drug-likeness (QED) is 0.680. The molecule has 1 heterocycles. The zero-order chi connectivity index (χ0) is 11.3. The number of urea groups is 1. The van der Waals surface area contributed by atoms with Crippen LogP contribution in [0.25, 0.3) is 0 Å². The molecular formula is C10H16N2O3. The van der Waals surface area contributed by atoms with Gasteiger partial charge in [-0.05, 0) is 13.3 Å². The molecule has 0 saturated heterocycles. The Balaban J connectivity index is 2.34. The molecule has 2 N–H and O–H groups in total. The number of hydrogen-bond donors (Lipinski definition) is 2. The predicted octanol–water partition coefficient (Wildman–Crippen LogP) is 0.821. The molecule has 1 atom stereocenters. The van der Waals surface area contributed by atoms with Crippen LogP contribution in [0.1, 0.15) is 19.8 Å². The normalized spacial score (nSPS) is 17.3. The zero-order valence-electron chi connectivity index (χ0n) is 8.77. The average Bonchev–Trinajstić information content (AvgIpc) is 2.17. The third-order valence-electron chi connectivity index (χ3n) is 2.20. The largest absolute Gasteiger partial charge is 0.481 e. The first-order chi connectivity index (χ1) is 7.09. The third-order valence-corrected chi connectivity index (χ3v) is 2.20. The van der Waals surface area contributed by atoms with Gasteiger partial charge in [0, 0.05) is 19.1 Å². The predicted molar refractivity (Wildman–Crippen MR) is 55.6 cm³/mol. The first-order valence-corrected chi connectivity index (χ1v) is 5.02. The summed E-state index contributed by atoms with van der Waals surface area (Å²) in [4.78, 5) is 23.6. The van der Waals surface area contributed by atoms with Crippen LogP contribution >= 0.6 is 0 Å². The van der Waals surface area contributed by atoms with E-state index in [-0.39, 0.29) is 18.5 Å². The van der Waals surface area contributed by atoms with Gasteiger partial charge in [-0.3, -0.25) is 4.79 Å². The molecule has 0 aromatic rings. The molecular weight excluding hydrogens is 196 g/mol. The maximum atomic E-state index is 11.6. The molecule has 84 valence electrons. The molecule has 0 spiro atoms. The van der Waals surface area contributed by atoms with E-state index in [0.29, 0.717) is 13.1 Å². The van der Waals surface area contributed by atoms with E-state index in [1.54, 1.807) is 11.8 Å². The molecule has 1 aliphatic heterocycles. The van der Waals surface area contributed by atoms with Gasteiger partial charge in [0.05, 0.1) is 6.42 Å². The number of hydrogen-bond acceptors (Lipinski definition) is 2. The first-order valence-electron chi connectivity index (χ1n) is 5.02. The van der Waals surface area contributed by atoms with Crippen LogP contribution < -0.4 is 5.32 Å². The fourth-order valence-electron chi connectivity index (χ4n) is 1.44. The Morgan fingerprint density at radius 1 is 1.53 bits per heavy atom. The smallest absolute Gasteiger partial charge is 0.317 e. The highest BCUT2D eigenvalue weighted by Gasteiger charge is 2.16. The summed E-state index contributed by atoms with van der Waals surface area (Å²) < 4.78 is 0. The van der Waals surface area contributed by atoms with Crippen molar-refractivity contribution in [3.05, 3.63) is 12.2 Å². The highest BCUT2D eigenvalue weighted by Crippen LogP contribution is 2.02. The van der Waals surface area contributed by atoms with Crippen LogP contribution in [0.3, 0.4) is 0 Å². The van der Waals surface area contributed by atoms with Crippen molar-refractivity contribution in [1.29, 1.82) is 0 Å². The summed E-state index contributed by atoms with van der Waals surface area (Å²) in [5.74, 6) is -0.902. The fourth-order valence-corrected chi connectivity index (χ4v) is 1.44. The van der Waals surface area contributed by atoms with E-state index >= 15 is 0 Å². The van der Waals surface area contributed by atoms with Crippen molar-refractivity contribution in [3.63, 3.8) is 0 Å². The summed E-state index contributed by atoms with van der Waals surface area (Å²) >= 11 is 0. The Labute approximate surface area is 88.8 Å². The number of carboxylic acids is 1. The van der Waals surface area contributed by atoms with Gasteiger partial charge in [-0.25, -0.2) is 4.79 Å². The van der Waals surface area contributed by atoms with Crippen molar-refractivity contribution in [2.24, 2.45) is 0 Å². The minimum Gasteiger partial charge on any atom is -0.481 e. The number of amides is 2. The molecule has 1 rings (SSSR count). The van der Waals surface area contributed by atoms with E-state index in [0.717, 1.165) is 6.42 Å². The Hall–Kier alpha value is -1.52. The molecule has 5 nitrogen and oxygen atoms in total. The lowest BCUT2D eigenvalue weighted by molar-refractivity contribution is -0.137. The van der Waals surface area contributed by atoms with E-state index in [1.807, 2.05) is 12.2 Å². The molecule has 0 saturated carbocycles. The van der Waals surface area contributed by atoms with E-state index in [2.05, 4.69) is 5.32 Å². The molecule has 1 unspecified atom stereocenters. The van der Waals surface area contributed by atoms with Gasteiger partial charge in [-0.15, -0.1) is 0 Å². The lowest BCUT2D eigenvalue weighted by Gasteiger charge is -2.25. The van der Waals surface area contributed by atoms with Gasteiger partial charge in [-0.1, -0.05) is 12.2 Å². The van der Waals surface area contributed by atoms with Crippen molar-refractivity contribution in [1.82, 2.24) is 10.2 Å². The van der Waals surface area contributed by atoms with E-state index < -0.39 is 5.97 Å². The Morgan fingerprint density at radius 3 is 2.80 bits per heavy atom. The maximum Gasteiger partial charge on any atom is 0.317 e. The van der Waals surface area contributed by atoms with Gasteiger partial charge in [0.15, 0.2) is 0 Å². The minimum absolute atomic E-state index is 0.0462. The molecule has 0 aromatic heterocycles. The van der Waals surface area contributed by atoms with Crippen LogP contribution in [0.15, 0.2) is 12.2 Å². The number of aliphatic carboxylic acids is 1. The maximum absolute atomic E-state index is 11.6. The Kier molecular flexibility index (Phi) is 4.15. The van der Waals surface area contributed by atoms with Gasteiger partial charge in [-0.2, -0.15) is 0 Å². The monoisotopic (exact) mass is 212 g/mol. The SMILES string of the molecule is CC(CC(=O)O)NC(=O)N1CC=CCC1. The molecule has 0 bridgehead atoms. The van der Waals surface area contributed by atoms with Crippen LogP contribution in [0.2, 0.25) is 0 Å². The molecule has 0 radical (unpaired) electrons. The van der Waals surface area contributed by atoms with Crippen molar-refractivity contribution in [2.45, 2.75) is 25.8 Å². The second-order valence-corrected chi connectivity index (χ2v) is 3.65. The van der Waals surface area contributed by atoms with Crippen LogP contribution in [-0.4, -0.2) is 41.1 Å². The van der Waals surface area contributed by atoms with Crippen molar-refractivity contribution in [3.8, 4) is 0 Å². The number of carboxylic acid groups (broad SMARTS) is 1. The topological polar surface area (TPSA) is 69.6 Å². The number of rotatable bonds is 3. The molecule has 5 heteroatoms. The van der Waals surface area contributed by atoms with Gasteiger partial charge >= 0.3 is 12.0 Å². The Bertz CT molecular complexity index is 276. The van der Waals surface area contributed by atoms with Crippen molar-refractivity contribution < 1.29 is 14.7 Å². The summed E-state index contributed by atoms with van der Waals surface area (Å²) in [6, 6.07) is -0.519. The van der Waals surface area contributed by atoms with Gasteiger partial charge < -0.3 is 15.3 Å². The molecule has 1 aliphatic rings. The molecule has 0 fully saturated rings. The van der Waals surface area contributed by atoms with E-state index in [9.17, 15) is 9.59 Å². The van der Waals surface area contributed by atoms with Gasteiger partial charge in [0.25, 0.3) is 0 Å². The fraction of sp³-hybridized carbons (Fsp3) is 0.600. The second-order valence-electron chi connectivity index (χ2n) is 3.65. The lowest BCUT2D eigenvalue weighted by atomic mass is 10.2. The summed E-state index contributed by atoms with van der Waals surface area (Å²) in [5, 5.41) is 11.2. The zero-order valence-corrected chi connectivity index (χ0v) is 8.77. The van der Waals surface area contributed by atoms with E-state index in [4.69, 9.17) is 5.11 Å². The van der Waals surface area contributed by atoms with Crippen LogP contribution in [-0.2, 0) is 4.79 Å². The number of nitrogens with one attached hydrogen (secondary N) is 1. The highest BCUT2D eigenvalue weighted by molar-refractivity contribution is 5.76. The van der Waals surface area contributed by atoms with Gasteiger partial charge in [0.2, 0.25) is 0 Å². The summed E-state index contributed by atoms with van der Waals surface area (Å²) in [7, 11) is 0. The molecule has 15 heavy (non-hydrogen) atoms. The highest BCUT2D eigenvalue weighted by atomic mass is 16.4. The average molecular weight is 212 g/mol. The number of carbonyl (C=O) groups is 2. The summed E-state index contributed by atoms with van der Waals surface area (Å²) in [6.07, 6.45) is 4.78. The second kappa shape index (κ2) is 5.38. The number of nitrogens with zero attached hydrogens (tertiary/aromatic N) is 1. The standard InChI is InChI=1S/C10H16N2O3/c1-8(7-9(13)14)11-10(15)12-5-3-2-4-6-12/h2-3,8H,4-7H2,1H3,(H,11,15)(H,13,14).